The number of rotatable bonds is 3. The average Bonchev–Trinajstić information content (AvgIpc) is 2.58. The number of aromatic nitrogens is 2. The average molecular weight is 249 g/mol. The van der Waals surface area contributed by atoms with Crippen molar-refractivity contribution in [3.05, 3.63) is 29.8 Å². The number of alkyl halides is 3. The molecule has 6 heteroatoms. The number of halogens is 4. The van der Waals surface area contributed by atoms with Crippen LogP contribution in [-0.2, 0) is 12.4 Å². The number of imidazole rings is 1. The van der Waals surface area contributed by atoms with Crippen LogP contribution in [0.2, 0.25) is 0 Å². The lowest BCUT2D eigenvalue weighted by Gasteiger charge is -2.06. The molecular formula is C10H8ClF3N2. The maximum absolute atomic E-state index is 13.3. The molecule has 1 heterocycles. The molecule has 0 atom stereocenters. The summed E-state index contributed by atoms with van der Waals surface area (Å²) < 4.78 is 39.3. The topological polar surface area (TPSA) is 17.8 Å². The van der Waals surface area contributed by atoms with E-state index < -0.39 is 18.8 Å². The van der Waals surface area contributed by atoms with Crippen LogP contribution in [0.5, 0.6) is 0 Å². The van der Waals surface area contributed by atoms with Gasteiger partial charge in [-0.2, -0.15) is 0 Å². The van der Waals surface area contributed by atoms with Gasteiger partial charge in [-0.1, -0.05) is 6.07 Å². The van der Waals surface area contributed by atoms with Crippen molar-refractivity contribution in [2.75, 3.05) is 0 Å². The van der Waals surface area contributed by atoms with Gasteiger partial charge in [-0.25, -0.2) is 18.2 Å². The first-order valence-electron chi connectivity index (χ1n) is 4.61. The molecule has 2 nitrogen and oxygen atoms in total. The second kappa shape index (κ2) is 4.33. The molecule has 0 fully saturated rings. The smallest absolute Gasteiger partial charge is 0.256 e. The molecule has 0 aliphatic rings. The highest BCUT2D eigenvalue weighted by Gasteiger charge is 2.15. The van der Waals surface area contributed by atoms with Gasteiger partial charge in [0.25, 0.3) is 6.43 Å². The van der Waals surface area contributed by atoms with Crippen LogP contribution < -0.4 is 0 Å². The molecule has 0 saturated carbocycles. The Hall–Kier alpha value is -1.23. The van der Waals surface area contributed by atoms with Gasteiger partial charge in [-0.15, -0.1) is 11.6 Å². The van der Waals surface area contributed by atoms with Gasteiger partial charge in [0.15, 0.2) is 5.82 Å². The normalized spacial score (nSPS) is 11.6. The van der Waals surface area contributed by atoms with E-state index in [0.717, 1.165) is 0 Å². The van der Waals surface area contributed by atoms with Gasteiger partial charge in [0.1, 0.15) is 11.3 Å². The van der Waals surface area contributed by atoms with Crippen molar-refractivity contribution >= 4 is 22.6 Å². The van der Waals surface area contributed by atoms with Crippen LogP contribution in [-0.4, -0.2) is 16.0 Å². The van der Waals surface area contributed by atoms with Gasteiger partial charge in [-0.3, -0.25) is 0 Å². The van der Waals surface area contributed by atoms with Crippen molar-refractivity contribution in [2.45, 2.75) is 18.9 Å². The third kappa shape index (κ3) is 1.87. The largest absolute Gasteiger partial charge is 0.321 e. The van der Waals surface area contributed by atoms with Gasteiger partial charge in [-0.05, 0) is 12.1 Å². The summed E-state index contributed by atoms with van der Waals surface area (Å²) in [5.41, 5.74) is 0.426. The molecular weight excluding hydrogens is 241 g/mol. The predicted octanol–water partition coefficient (Wildman–Crippen LogP) is 3.18. The minimum absolute atomic E-state index is 0.0269. The van der Waals surface area contributed by atoms with E-state index in [-0.39, 0.29) is 17.2 Å². The fourth-order valence-corrected chi connectivity index (χ4v) is 1.81. The van der Waals surface area contributed by atoms with Crippen molar-refractivity contribution in [2.24, 2.45) is 0 Å². The number of hydrogen-bond acceptors (Lipinski definition) is 1. The molecule has 0 unspecified atom stereocenters. The van der Waals surface area contributed by atoms with Crippen molar-refractivity contribution in [3.8, 4) is 0 Å². The Morgan fingerprint density at radius 3 is 2.75 bits per heavy atom. The van der Waals surface area contributed by atoms with E-state index >= 15 is 0 Å². The number of nitrogens with zero attached hydrogens (tertiary/aromatic N) is 2. The Balaban J connectivity index is 2.64. The van der Waals surface area contributed by atoms with Crippen molar-refractivity contribution in [3.63, 3.8) is 0 Å². The second-order valence-electron chi connectivity index (χ2n) is 3.27. The molecule has 0 aliphatic carbocycles. The minimum atomic E-state index is -2.53. The van der Waals surface area contributed by atoms with Crippen LogP contribution >= 0.6 is 11.6 Å². The molecule has 1 aromatic heterocycles. The van der Waals surface area contributed by atoms with E-state index in [4.69, 9.17) is 11.6 Å². The summed E-state index contributed by atoms with van der Waals surface area (Å²) in [6.07, 6.45) is -2.53. The summed E-state index contributed by atoms with van der Waals surface area (Å²) in [7, 11) is 0. The lowest BCUT2D eigenvalue weighted by molar-refractivity contribution is 0.127. The zero-order valence-electron chi connectivity index (χ0n) is 8.13. The zero-order chi connectivity index (χ0) is 11.7. The summed E-state index contributed by atoms with van der Waals surface area (Å²) in [6, 6.07) is 4.24. The highest BCUT2D eigenvalue weighted by Crippen LogP contribution is 2.21. The maximum Gasteiger partial charge on any atom is 0.256 e. The first-order chi connectivity index (χ1) is 7.63. The van der Waals surface area contributed by atoms with Gasteiger partial charge in [0.05, 0.1) is 17.9 Å². The summed E-state index contributed by atoms with van der Waals surface area (Å²) in [6.45, 7) is -0.526. The molecule has 0 N–H and O–H groups in total. The van der Waals surface area contributed by atoms with Crippen LogP contribution in [0.3, 0.4) is 0 Å². The van der Waals surface area contributed by atoms with E-state index in [1.165, 1.54) is 16.7 Å². The molecule has 0 saturated heterocycles. The zero-order valence-corrected chi connectivity index (χ0v) is 8.89. The third-order valence-corrected chi connectivity index (χ3v) is 2.49. The monoisotopic (exact) mass is 248 g/mol. The fourth-order valence-electron chi connectivity index (χ4n) is 1.60. The Morgan fingerprint density at radius 2 is 2.12 bits per heavy atom. The summed E-state index contributed by atoms with van der Waals surface area (Å²) >= 11 is 5.59. The highest BCUT2D eigenvalue weighted by molar-refractivity contribution is 6.16. The first-order valence-corrected chi connectivity index (χ1v) is 5.14. The second-order valence-corrected chi connectivity index (χ2v) is 3.54. The van der Waals surface area contributed by atoms with Gasteiger partial charge in [0, 0.05) is 0 Å². The highest BCUT2D eigenvalue weighted by atomic mass is 35.5. The molecule has 16 heavy (non-hydrogen) atoms. The van der Waals surface area contributed by atoms with Crippen LogP contribution in [0.1, 0.15) is 5.82 Å². The van der Waals surface area contributed by atoms with Gasteiger partial charge < -0.3 is 4.57 Å². The Morgan fingerprint density at radius 1 is 1.38 bits per heavy atom. The van der Waals surface area contributed by atoms with E-state index in [1.54, 1.807) is 6.07 Å². The molecule has 2 rings (SSSR count). The summed E-state index contributed by atoms with van der Waals surface area (Å²) in [5, 5.41) is 0. The molecule has 86 valence electrons. The maximum atomic E-state index is 13.3. The number of hydrogen-bond donors (Lipinski definition) is 0. The number of para-hydroxylation sites is 1. The molecule has 0 aliphatic heterocycles. The third-order valence-electron chi connectivity index (χ3n) is 2.25. The van der Waals surface area contributed by atoms with Crippen LogP contribution in [0.4, 0.5) is 13.2 Å². The molecule has 0 amide bonds. The van der Waals surface area contributed by atoms with Crippen molar-refractivity contribution < 1.29 is 13.2 Å². The Kier molecular flexibility index (Phi) is 3.05. The Labute approximate surface area is 94.6 Å². The fraction of sp³-hybridized carbons (Fsp3) is 0.300. The van der Waals surface area contributed by atoms with E-state index in [0.29, 0.717) is 5.52 Å². The van der Waals surface area contributed by atoms with Crippen LogP contribution in [0, 0.1) is 5.82 Å². The summed E-state index contributed by atoms with van der Waals surface area (Å²) in [5.74, 6) is -0.306. The standard InChI is InChI=1S/C10H8ClF3N2/c11-4-9-15-10-6(12)2-1-3-7(10)16(9)5-8(13)14/h1-3,8H,4-5H2. The van der Waals surface area contributed by atoms with Crippen molar-refractivity contribution in [1.82, 2.24) is 9.55 Å². The van der Waals surface area contributed by atoms with Crippen LogP contribution in [0.25, 0.3) is 11.0 Å². The number of fused-ring (bicyclic) bond motifs is 1. The lowest BCUT2D eigenvalue weighted by atomic mass is 10.3. The predicted molar refractivity (Wildman–Crippen MR) is 55.3 cm³/mol. The molecule has 0 spiro atoms. The van der Waals surface area contributed by atoms with E-state index in [2.05, 4.69) is 4.98 Å². The summed E-state index contributed by atoms with van der Waals surface area (Å²) in [4.78, 5) is 3.91. The van der Waals surface area contributed by atoms with E-state index in [9.17, 15) is 13.2 Å². The Bertz CT molecular complexity index is 510. The van der Waals surface area contributed by atoms with Gasteiger partial charge >= 0.3 is 0 Å². The number of benzene rings is 1. The van der Waals surface area contributed by atoms with Crippen LogP contribution in [0.15, 0.2) is 18.2 Å². The molecule has 0 radical (unpaired) electrons. The SMILES string of the molecule is Fc1cccc2c1nc(CCl)n2CC(F)F. The van der Waals surface area contributed by atoms with Crippen molar-refractivity contribution in [1.29, 1.82) is 0 Å². The van der Waals surface area contributed by atoms with Gasteiger partial charge in [0.2, 0.25) is 0 Å². The quantitative estimate of drug-likeness (QED) is 0.763. The lowest BCUT2D eigenvalue weighted by Crippen LogP contribution is -2.09. The molecule has 2 aromatic rings. The minimum Gasteiger partial charge on any atom is -0.321 e. The molecule has 1 aromatic carbocycles. The van der Waals surface area contributed by atoms with E-state index in [1.807, 2.05) is 0 Å². The molecule has 0 bridgehead atoms. The first kappa shape index (κ1) is 11.3.